The van der Waals surface area contributed by atoms with Crippen LogP contribution in [-0.2, 0) is 30.5 Å². The number of benzene rings is 2. The molecule has 1 N–H and O–H groups in total. The van der Waals surface area contributed by atoms with E-state index in [0.29, 0.717) is 37.5 Å². The van der Waals surface area contributed by atoms with Gasteiger partial charge in [0, 0.05) is 31.9 Å². The Balaban J connectivity index is 1.40. The number of hydrogen-bond acceptors (Lipinski definition) is 4. The maximum Gasteiger partial charge on any atom is 0.416 e. The number of alkyl halides is 3. The minimum absolute atomic E-state index is 0.204. The molecule has 2 aliphatic heterocycles. The van der Waals surface area contributed by atoms with Gasteiger partial charge in [-0.3, -0.25) is 9.69 Å². The summed E-state index contributed by atoms with van der Waals surface area (Å²) in [6, 6.07) is 13.4. The summed E-state index contributed by atoms with van der Waals surface area (Å²) < 4.78 is 58.7. The number of carbonyl (C=O) groups is 1. The molecule has 3 aromatic rings. The lowest BCUT2D eigenvalue weighted by Gasteiger charge is -2.49. The third-order valence-electron chi connectivity index (χ3n) is 6.80. The molecule has 1 saturated heterocycles. The summed E-state index contributed by atoms with van der Waals surface area (Å²) >= 11 is 0. The van der Waals surface area contributed by atoms with E-state index in [4.69, 9.17) is 4.42 Å². The Labute approximate surface area is 200 Å². The van der Waals surface area contributed by atoms with Crippen molar-refractivity contribution in [2.75, 3.05) is 24.5 Å². The molecule has 0 bridgehead atoms. The predicted octanol–water partition coefficient (Wildman–Crippen LogP) is 4.62. The lowest BCUT2D eigenvalue weighted by Crippen LogP contribution is -2.60. The van der Waals surface area contributed by atoms with E-state index < -0.39 is 17.7 Å². The number of hydrogen-bond donors (Lipinski definition) is 1. The Bertz CT molecular complexity index is 1180. The van der Waals surface area contributed by atoms with Crippen LogP contribution in [0.2, 0.25) is 0 Å². The lowest BCUT2D eigenvalue weighted by molar-refractivity contribution is -0.137. The smallest absolute Gasteiger partial charge is 0.416 e. The Morgan fingerprint density at radius 1 is 1.09 bits per heavy atom. The quantitative estimate of drug-likeness (QED) is 0.534. The van der Waals surface area contributed by atoms with Gasteiger partial charge in [-0.25, -0.2) is 4.39 Å². The number of fused-ring (bicyclic) bond motifs is 3. The van der Waals surface area contributed by atoms with Gasteiger partial charge >= 0.3 is 6.18 Å². The molecular formula is C26H25F4N3O2. The van der Waals surface area contributed by atoms with Crippen molar-refractivity contribution >= 4 is 11.6 Å². The van der Waals surface area contributed by atoms with Gasteiger partial charge in [0.05, 0.1) is 30.3 Å². The van der Waals surface area contributed by atoms with Crippen LogP contribution in [0.3, 0.4) is 0 Å². The third-order valence-corrected chi connectivity index (χ3v) is 6.80. The van der Waals surface area contributed by atoms with E-state index in [1.165, 1.54) is 30.5 Å². The largest absolute Gasteiger partial charge is 0.467 e. The van der Waals surface area contributed by atoms with Crippen LogP contribution in [0, 0.1) is 11.7 Å². The Morgan fingerprint density at radius 2 is 1.89 bits per heavy atom. The van der Waals surface area contributed by atoms with E-state index in [2.05, 4.69) is 15.1 Å². The lowest BCUT2D eigenvalue weighted by atomic mass is 9.82. The van der Waals surface area contributed by atoms with Gasteiger partial charge in [-0.05, 0) is 60.0 Å². The van der Waals surface area contributed by atoms with Crippen molar-refractivity contribution in [1.82, 2.24) is 10.2 Å². The molecule has 5 rings (SSSR count). The van der Waals surface area contributed by atoms with Crippen molar-refractivity contribution in [3.63, 3.8) is 0 Å². The molecule has 0 radical (unpaired) electrons. The van der Waals surface area contributed by atoms with Crippen molar-refractivity contribution in [2.24, 2.45) is 5.92 Å². The highest BCUT2D eigenvalue weighted by molar-refractivity contribution is 5.82. The molecule has 2 atom stereocenters. The molecule has 0 spiro atoms. The van der Waals surface area contributed by atoms with Crippen LogP contribution in [0.4, 0.5) is 23.2 Å². The highest BCUT2D eigenvalue weighted by atomic mass is 19.4. The van der Waals surface area contributed by atoms with Crippen LogP contribution in [0.5, 0.6) is 0 Å². The first-order valence-electron chi connectivity index (χ1n) is 11.5. The van der Waals surface area contributed by atoms with Crippen molar-refractivity contribution in [3.8, 4) is 0 Å². The predicted molar refractivity (Wildman–Crippen MR) is 122 cm³/mol. The van der Waals surface area contributed by atoms with Crippen LogP contribution >= 0.6 is 0 Å². The molecule has 1 amide bonds. The summed E-state index contributed by atoms with van der Waals surface area (Å²) in [5.41, 5.74) is 1.53. The van der Waals surface area contributed by atoms with Gasteiger partial charge < -0.3 is 14.6 Å². The number of furan rings is 1. The topological polar surface area (TPSA) is 48.7 Å². The fourth-order valence-corrected chi connectivity index (χ4v) is 5.07. The van der Waals surface area contributed by atoms with E-state index in [-0.39, 0.29) is 30.7 Å². The number of nitrogens with zero attached hydrogens (tertiary/aromatic N) is 2. The Morgan fingerprint density at radius 3 is 2.60 bits per heavy atom. The van der Waals surface area contributed by atoms with Crippen molar-refractivity contribution < 1.29 is 26.8 Å². The van der Waals surface area contributed by atoms with Gasteiger partial charge in [0.15, 0.2) is 0 Å². The summed E-state index contributed by atoms with van der Waals surface area (Å²) in [6.07, 6.45) is -2.71. The molecule has 1 fully saturated rings. The second-order valence-corrected chi connectivity index (χ2v) is 9.07. The number of carbonyl (C=O) groups excluding carboxylic acids is 1. The van der Waals surface area contributed by atoms with Crippen LogP contribution in [0.25, 0.3) is 0 Å². The molecule has 9 heteroatoms. The normalized spacial score (nSPS) is 20.3. The Hall–Kier alpha value is -3.33. The number of nitrogens with one attached hydrogen (secondary N) is 1. The molecule has 35 heavy (non-hydrogen) atoms. The zero-order chi connectivity index (χ0) is 24.6. The molecule has 5 nitrogen and oxygen atoms in total. The van der Waals surface area contributed by atoms with E-state index in [0.717, 1.165) is 17.3 Å². The second-order valence-electron chi connectivity index (χ2n) is 9.07. The van der Waals surface area contributed by atoms with Gasteiger partial charge in [0.25, 0.3) is 0 Å². The molecule has 1 aromatic heterocycles. The van der Waals surface area contributed by atoms with Gasteiger partial charge in [0.2, 0.25) is 5.91 Å². The third kappa shape index (κ3) is 5.05. The minimum Gasteiger partial charge on any atom is -0.467 e. The number of amides is 1. The number of piperazine rings is 1. The van der Waals surface area contributed by atoms with Crippen LogP contribution in [0.1, 0.15) is 22.5 Å². The van der Waals surface area contributed by atoms with E-state index in [1.807, 2.05) is 0 Å². The molecular weight excluding hydrogens is 462 g/mol. The maximum absolute atomic E-state index is 13.4. The fraction of sp³-hybridized carbons (Fsp3) is 0.346. The summed E-state index contributed by atoms with van der Waals surface area (Å²) in [5, 5.41) is 2.89. The number of halogens is 4. The minimum atomic E-state index is -4.45. The zero-order valence-electron chi connectivity index (χ0n) is 18.9. The monoisotopic (exact) mass is 487 g/mol. The number of anilines is 1. The SMILES string of the molecule is O=C(NCc1ccco1)C1Cc2cc(C(F)(F)F)ccc2N2CCN(Cc3ccc(F)cc3)CC12. The van der Waals surface area contributed by atoms with Gasteiger partial charge in [-0.2, -0.15) is 13.2 Å². The molecule has 3 heterocycles. The zero-order valence-corrected chi connectivity index (χ0v) is 18.9. The van der Waals surface area contributed by atoms with E-state index in [1.54, 1.807) is 24.3 Å². The molecule has 2 aromatic carbocycles. The molecule has 2 unspecified atom stereocenters. The average molecular weight is 487 g/mol. The van der Waals surface area contributed by atoms with Gasteiger partial charge in [-0.15, -0.1) is 0 Å². The molecule has 0 saturated carbocycles. The fourth-order valence-electron chi connectivity index (χ4n) is 5.07. The summed E-state index contributed by atoms with van der Waals surface area (Å²) in [4.78, 5) is 17.6. The first kappa shape index (κ1) is 23.4. The van der Waals surface area contributed by atoms with Crippen LogP contribution < -0.4 is 10.2 Å². The Kier molecular flexibility index (Phi) is 6.27. The summed E-state index contributed by atoms with van der Waals surface area (Å²) in [5.74, 6) is -0.443. The summed E-state index contributed by atoms with van der Waals surface area (Å²) in [7, 11) is 0. The van der Waals surface area contributed by atoms with Crippen LogP contribution in [-0.4, -0.2) is 36.5 Å². The van der Waals surface area contributed by atoms with E-state index in [9.17, 15) is 22.4 Å². The first-order valence-corrected chi connectivity index (χ1v) is 11.5. The van der Waals surface area contributed by atoms with Gasteiger partial charge in [0.1, 0.15) is 11.6 Å². The second kappa shape index (κ2) is 9.37. The highest BCUT2D eigenvalue weighted by Gasteiger charge is 2.42. The number of rotatable bonds is 5. The van der Waals surface area contributed by atoms with Crippen molar-refractivity contribution in [3.05, 3.63) is 89.1 Å². The average Bonchev–Trinajstić information content (AvgIpc) is 3.36. The highest BCUT2D eigenvalue weighted by Crippen LogP contribution is 2.40. The standard InChI is InChI=1S/C26H25F4N3O2/c27-20-6-3-17(4-7-20)15-32-9-10-33-23-8-5-19(26(28,29)30)12-18(23)13-22(24(33)16-32)25(34)31-14-21-2-1-11-35-21/h1-8,11-12,22,24H,9-10,13-16H2,(H,31,34). The van der Waals surface area contributed by atoms with Crippen LogP contribution in [0.15, 0.2) is 65.3 Å². The summed E-state index contributed by atoms with van der Waals surface area (Å²) in [6.45, 7) is 2.63. The van der Waals surface area contributed by atoms with Crippen molar-refractivity contribution in [1.29, 1.82) is 0 Å². The molecule has 184 valence electrons. The molecule has 2 aliphatic rings. The van der Waals surface area contributed by atoms with E-state index >= 15 is 0 Å². The maximum atomic E-state index is 13.4. The first-order chi connectivity index (χ1) is 16.8. The van der Waals surface area contributed by atoms with Gasteiger partial charge in [-0.1, -0.05) is 12.1 Å². The molecule has 0 aliphatic carbocycles. The van der Waals surface area contributed by atoms with Crippen molar-refractivity contribution in [2.45, 2.75) is 31.7 Å².